The summed E-state index contributed by atoms with van der Waals surface area (Å²) in [6, 6.07) is 26.1. The number of aryl methyl sites for hydroxylation is 2. The number of rotatable bonds is 7. The van der Waals surface area contributed by atoms with Crippen LogP contribution in [0.3, 0.4) is 0 Å². The molecule has 0 saturated heterocycles. The number of aromatic nitrogens is 2. The van der Waals surface area contributed by atoms with Crippen LogP contribution in [0.25, 0.3) is 117 Å². The highest BCUT2D eigenvalue weighted by Crippen LogP contribution is 2.49. The van der Waals surface area contributed by atoms with Gasteiger partial charge in [-0.2, -0.15) is 0 Å². The van der Waals surface area contributed by atoms with E-state index in [4.69, 9.17) is 0 Å². The van der Waals surface area contributed by atoms with E-state index in [-0.39, 0.29) is 22.2 Å². The van der Waals surface area contributed by atoms with Crippen LogP contribution < -0.4 is 31.5 Å². The minimum Gasteiger partial charge on any atom is -0.277 e. The van der Waals surface area contributed by atoms with Crippen LogP contribution >= 0.6 is 145 Å². The van der Waals surface area contributed by atoms with Gasteiger partial charge >= 0.3 is 0 Å². The van der Waals surface area contributed by atoms with Crippen molar-refractivity contribution in [2.24, 2.45) is 14.1 Å². The highest BCUT2D eigenvalue weighted by Gasteiger charge is 2.22. The second kappa shape index (κ2) is 15.8. The van der Waals surface area contributed by atoms with Crippen molar-refractivity contribution in [3.63, 3.8) is 0 Å². The number of fused-ring (bicyclic) bond motifs is 10. The minimum absolute atomic E-state index is 0.252. The summed E-state index contributed by atoms with van der Waals surface area (Å²) in [5.74, 6) is 0. The Balaban J connectivity index is 0.756. The first-order valence-electron chi connectivity index (χ1n) is 21.0. The average molecular weight is 1120 g/mol. The molecule has 14 aromatic rings. The molecule has 6 nitrogen and oxygen atoms in total. The molecular formula is C49H27N2O4PS12. The fourth-order valence-corrected chi connectivity index (χ4v) is 25.7. The standard InChI is InChI=1S/C49H27N2O4PS12/c1-5-19-7-25-31(58-19)13-33(60-25)27-9-21-43(66-27)45-23(49(55)51(4)47(21)53)11-29(68-45)35-15-37-39(62-35)17-41(64-37)56-40-16-38-36(63-40)14-34(61-38)28-10-22-44(67-28)42-20(46(52)50(3)48(22)54)8-26(65-42)32-12-30-24(59-32)6-18(2)57-30/h6-17,56H,5H2,1-4H3. The molecule has 0 aliphatic rings. The molecule has 0 aliphatic heterocycles. The van der Waals surface area contributed by atoms with Gasteiger partial charge in [0.25, 0.3) is 22.2 Å². The highest BCUT2D eigenvalue weighted by molar-refractivity contribution is 7.70. The van der Waals surface area contributed by atoms with Gasteiger partial charge in [-0.25, -0.2) is 0 Å². The molecule has 0 radical (unpaired) electrons. The maximum Gasteiger partial charge on any atom is 0.262 e. The third-order valence-corrected chi connectivity index (χ3v) is 28.6. The van der Waals surface area contributed by atoms with E-state index < -0.39 is 0 Å². The largest absolute Gasteiger partial charge is 0.277 e. The molecule has 0 bridgehead atoms. The summed E-state index contributed by atoms with van der Waals surface area (Å²) in [5.41, 5.74) is -1.02. The molecule has 14 aromatic heterocycles. The average Bonchev–Trinajstić information content (AvgIpc) is 4.14. The Bertz CT molecular complexity index is 4620. The normalized spacial score (nSPS) is 12.6. The lowest BCUT2D eigenvalue weighted by atomic mass is 10.3. The molecule has 0 N–H and O–H groups in total. The second-order valence-corrected chi connectivity index (χ2v) is 31.6. The summed E-state index contributed by atoms with van der Waals surface area (Å²) in [6.07, 6.45) is 1.03. The SMILES string of the molecule is CCc1cc2sc(-c3cc4c(=O)n(C)c(=O)c5cc(-c6cc7sc(Pc8cc9sc(-c%10cc%11c(=O)n(C)c(=O)c%12cc(-c%13cc%14sc(C)cc%14s%13)sc%12c%11s%10)cc9s8)cc7s6)sc5c4s3)cc2s1. The van der Waals surface area contributed by atoms with Crippen molar-refractivity contribution in [3.05, 3.63) is 124 Å². The van der Waals surface area contributed by atoms with Crippen molar-refractivity contribution in [2.45, 2.75) is 20.3 Å². The second-order valence-electron chi connectivity index (χ2n) is 16.4. The van der Waals surface area contributed by atoms with Gasteiger partial charge in [0.05, 0.1) is 40.3 Å². The zero-order chi connectivity index (χ0) is 46.0. The van der Waals surface area contributed by atoms with Crippen molar-refractivity contribution in [2.75, 3.05) is 0 Å². The molecular weight excluding hydrogens is 1100 g/mol. The van der Waals surface area contributed by atoms with Gasteiger partial charge in [-0.05, 0) is 94.7 Å². The predicted molar refractivity (Wildman–Crippen MR) is 314 cm³/mol. The monoisotopic (exact) mass is 1120 g/mol. The van der Waals surface area contributed by atoms with Crippen LogP contribution in [0.2, 0.25) is 0 Å². The third kappa shape index (κ3) is 6.71. The van der Waals surface area contributed by atoms with Gasteiger partial charge < -0.3 is 0 Å². The lowest BCUT2D eigenvalue weighted by Crippen LogP contribution is -2.26. The topological polar surface area (TPSA) is 78.1 Å². The first kappa shape index (κ1) is 43.0. The van der Waals surface area contributed by atoms with E-state index in [0.29, 0.717) is 30.1 Å². The Morgan fingerprint density at radius 3 is 1.01 bits per heavy atom. The molecule has 0 fully saturated rings. The van der Waals surface area contributed by atoms with E-state index in [1.165, 1.54) is 65.7 Å². The molecule has 334 valence electrons. The fourth-order valence-electron chi connectivity index (χ4n) is 8.69. The zero-order valence-electron chi connectivity index (χ0n) is 35.6. The summed E-state index contributed by atoms with van der Waals surface area (Å²) < 4.78 is 18.8. The predicted octanol–water partition coefficient (Wildman–Crippen LogP) is 15.9. The number of thiophene rings is 12. The lowest BCUT2D eigenvalue weighted by molar-refractivity contribution is 0.846. The van der Waals surface area contributed by atoms with E-state index in [1.54, 1.807) is 116 Å². The Labute approximate surface area is 433 Å². The maximum absolute atomic E-state index is 13.7. The molecule has 19 heteroatoms. The zero-order valence-corrected chi connectivity index (χ0v) is 46.4. The summed E-state index contributed by atoms with van der Waals surface area (Å²) in [5, 5.41) is 2.38. The smallest absolute Gasteiger partial charge is 0.262 e. The summed E-state index contributed by atoms with van der Waals surface area (Å²) in [7, 11) is 3.73. The van der Waals surface area contributed by atoms with Gasteiger partial charge in [-0.1, -0.05) is 6.92 Å². The van der Waals surface area contributed by atoms with E-state index >= 15 is 0 Å². The van der Waals surface area contributed by atoms with Crippen LogP contribution in [0.1, 0.15) is 16.7 Å². The van der Waals surface area contributed by atoms with Gasteiger partial charge in [0.15, 0.2) is 0 Å². The van der Waals surface area contributed by atoms with Crippen molar-refractivity contribution < 1.29 is 0 Å². The molecule has 0 spiro atoms. The summed E-state index contributed by atoms with van der Waals surface area (Å²) >= 11 is 20.8. The molecule has 1 atom stereocenters. The number of hydrogen-bond donors (Lipinski definition) is 0. The van der Waals surface area contributed by atoms with Crippen molar-refractivity contribution in [3.8, 4) is 39.0 Å². The van der Waals surface area contributed by atoms with Crippen LogP contribution in [0, 0.1) is 6.92 Å². The van der Waals surface area contributed by atoms with Gasteiger partial charge in [0.1, 0.15) is 0 Å². The molecule has 68 heavy (non-hydrogen) atoms. The summed E-state index contributed by atoms with van der Waals surface area (Å²) in [6.45, 7) is 4.31. The molecule has 0 aromatic carbocycles. The quantitative estimate of drug-likeness (QED) is 0.149. The molecule has 1 unspecified atom stereocenters. The fraction of sp³-hybridized carbons (Fsp3) is 0.102. The molecule has 14 rings (SSSR count). The molecule has 0 aliphatic carbocycles. The van der Waals surface area contributed by atoms with E-state index in [1.807, 2.05) is 58.3 Å². The Morgan fingerprint density at radius 1 is 0.368 bits per heavy atom. The molecule has 14 heterocycles. The Morgan fingerprint density at radius 2 is 0.676 bits per heavy atom. The lowest BCUT2D eigenvalue weighted by Gasteiger charge is -1.93. The highest BCUT2D eigenvalue weighted by atomic mass is 32.1. The van der Waals surface area contributed by atoms with Gasteiger partial charge in [-0.3, -0.25) is 28.3 Å². The van der Waals surface area contributed by atoms with Gasteiger partial charge in [0.2, 0.25) is 0 Å². The molecule has 0 amide bonds. The van der Waals surface area contributed by atoms with E-state index in [9.17, 15) is 19.2 Å². The van der Waals surface area contributed by atoms with Crippen LogP contribution in [-0.2, 0) is 20.5 Å². The Hall–Kier alpha value is -3.85. The van der Waals surface area contributed by atoms with Gasteiger partial charge in [0, 0.05) is 110 Å². The summed E-state index contributed by atoms with van der Waals surface area (Å²) in [4.78, 5) is 66.1. The van der Waals surface area contributed by atoms with Crippen LogP contribution in [0.5, 0.6) is 0 Å². The van der Waals surface area contributed by atoms with Crippen molar-refractivity contribution in [1.29, 1.82) is 0 Å². The van der Waals surface area contributed by atoms with Crippen LogP contribution in [0.4, 0.5) is 0 Å². The molecule has 0 saturated carbocycles. The van der Waals surface area contributed by atoms with Gasteiger partial charge in [-0.15, -0.1) is 136 Å². The van der Waals surface area contributed by atoms with E-state index in [0.717, 1.165) is 64.2 Å². The van der Waals surface area contributed by atoms with E-state index in [2.05, 4.69) is 62.4 Å². The Kier molecular flexibility index (Phi) is 10.0. The first-order chi connectivity index (χ1) is 32.9. The third-order valence-electron chi connectivity index (χ3n) is 12.0. The number of hydrogen-bond acceptors (Lipinski definition) is 16. The van der Waals surface area contributed by atoms with Crippen LogP contribution in [0.15, 0.2) is 92.0 Å². The van der Waals surface area contributed by atoms with Crippen molar-refractivity contribution >= 4 is 232 Å². The van der Waals surface area contributed by atoms with Crippen LogP contribution in [-0.4, -0.2) is 9.13 Å². The number of nitrogens with zero attached hydrogens (tertiary/aromatic N) is 2. The van der Waals surface area contributed by atoms with Crippen molar-refractivity contribution in [1.82, 2.24) is 9.13 Å². The minimum atomic E-state index is -0.259. The maximum atomic E-state index is 13.7. The first-order valence-corrected chi connectivity index (χ1v) is 31.8.